The molecule has 2 N–H and O–H groups in total. The predicted octanol–water partition coefficient (Wildman–Crippen LogP) is 4.26. The lowest BCUT2D eigenvalue weighted by molar-refractivity contribution is -0.117. The van der Waals surface area contributed by atoms with E-state index in [4.69, 9.17) is 11.6 Å². The van der Waals surface area contributed by atoms with Crippen LogP contribution in [0, 0.1) is 5.92 Å². The van der Waals surface area contributed by atoms with Crippen LogP contribution in [0.5, 0.6) is 0 Å². The summed E-state index contributed by atoms with van der Waals surface area (Å²) in [5, 5.41) is 6.43. The Hall–Kier alpha value is -2.33. The van der Waals surface area contributed by atoms with Crippen LogP contribution >= 0.6 is 11.6 Å². The van der Waals surface area contributed by atoms with Crippen LogP contribution in [-0.2, 0) is 16.0 Å². The molecule has 0 aliphatic heterocycles. The molecule has 3 rings (SSSR count). The molecule has 0 unspecified atom stereocenters. The Bertz CT molecular complexity index is 739. The third kappa shape index (κ3) is 4.83. The number of hydrogen-bond donors (Lipinski definition) is 2. The molecule has 0 heterocycles. The first-order chi connectivity index (χ1) is 11.6. The van der Waals surface area contributed by atoms with Crippen LogP contribution < -0.4 is 10.6 Å². The molecule has 2 aromatic rings. The minimum Gasteiger partial charge on any atom is -0.326 e. The second kappa shape index (κ2) is 7.49. The summed E-state index contributed by atoms with van der Waals surface area (Å²) in [5.74, 6) is 0.152. The maximum absolute atomic E-state index is 12.1. The summed E-state index contributed by atoms with van der Waals surface area (Å²) in [4.78, 5) is 23.9. The lowest BCUT2D eigenvalue weighted by atomic mass is 10.1. The van der Waals surface area contributed by atoms with E-state index in [1.807, 2.05) is 42.5 Å². The minimum atomic E-state index is -0.0596. The zero-order valence-electron chi connectivity index (χ0n) is 13.2. The molecule has 1 aliphatic carbocycles. The molecule has 0 atom stereocenters. The van der Waals surface area contributed by atoms with Crippen molar-refractivity contribution in [3.63, 3.8) is 0 Å². The monoisotopic (exact) mass is 342 g/mol. The highest BCUT2D eigenvalue weighted by molar-refractivity contribution is 6.30. The van der Waals surface area contributed by atoms with E-state index in [0.717, 1.165) is 18.4 Å². The molecule has 1 saturated carbocycles. The summed E-state index contributed by atoms with van der Waals surface area (Å²) < 4.78 is 0. The van der Waals surface area contributed by atoms with Crippen molar-refractivity contribution < 1.29 is 9.59 Å². The van der Waals surface area contributed by atoms with Crippen LogP contribution in [0.4, 0.5) is 11.4 Å². The van der Waals surface area contributed by atoms with E-state index in [-0.39, 0.29) is 17.7 Å². The summed E-state index contributed by atoms with van der Waals surface area (Å²) >= 11 is 5.85. The Morgan fingerprint density at radius 3 is 2.33 bits per heavy atom. The van der Waals surface area contributed by atoms with Crippen LogP contribution in [0.25, 0.3) is 0 Å². The van der Waals surface area contributed by atoms with Crippen LogP contribution in [0.2, 0.25) is 5.02 Å². The lowest BCUT2D eigenvalue weighted by Gasteiger charge is -2.09. The minimum absolute atomic E-state index is 0.0567. The van der Waals surface area contributed by atoms with E-state index >= 15 is 0 Å². The van der Waals surface area contributed by atoms with Crippen molar-refractivity contribution in [2.75, 3.05) is 10.6 Å². The number of aryl methyl sites for hydroxylation is 1. The fourth-order valence-corrected chi connectivity index (χ4v) is 2.52. The molecule has 5 heteroatoms. The van der Waals surface area contributed by atoms with E-state index in [1.54, 1.807) is 6.07 Å². The van der Waals surface area contributed by atoms with Gasteiger partial charge in [0, 0.05) is 28.7 Å². The summed E-state index contributed by atoms with van der Waals surface area (Å²) in [5.41, 5.74) is 2.46. The van der Waals surface area contributed by atoms with Gasteiger partial charge in [0.15, 0.2) is 0 Å². The van der Waals surface area contributed by atoms with E-state index < -0.39 is 0 Å². The van der Waals surface area contributed by atoms with E-state index in [2.05, 4.69) is 10.6 Å². The van der Waals surface area contributed by atoms with Crippen LogP contribution in [0.15, 0.2) is 48.5 Å². The van der Waals surface area contributed by atoms with Crippen LogP contribution in [0.1, 0.15) is 24.8 Å². The number of amides is 2. The maximum atomic E-state index is 12.1. The molecule has 1 aliphatic rings. The number of hydrogen-bond acceptors (Lipinski definition) is 2. The van der Waals surface area contributed by atoms with Gasteiger partial charge in [0.05, 0.1) is 0 Å². The summed E-state index contributed by atoms with van der Waals surface area (Å²) in [6.07, 6.45) is 2.97. The van der Waals surface area contributed by atoms with Gasteiger partial charge in [-0.25, -0.2) is 0 Å². The van der Waals surface area contributed by atoms with Gasteiger partial charge in [0.25, 0.3) is 0 Å². The molecule has 0 saturated heterocycles. The van der Waals surface area contributed by atoms with Gasteiger partial charge in [-0.3, -0.25) is 9.59 Å². The quantitative estimate of drug-likeness (QED) is 0.824. The maximum Gasteiger partial charge on any atom is 0.227 e. The zero-order chi connectivity index (χ0) is 16.9. The molecule has 0 spiro atoms. The number of benzene rings is 2. The van der Waals surface area contributed by atoms with Crippen molar-refractivity contribution in [1.29, 1.82) is 0 Å². The molecule has 2 amide bonds. The first kappa shape index (κ1) is 16.5. The van der Waals surface area contributed by atoms with Crippen molar-refractivity contribution in [3.05, 3.63) is 59.1 Å². The molecular weight excluding hydrogens is 324 g/mol. The number of rotatable bonds is 6. The molecule has 0 radical (unpaired) electrons. The molecule has 1 fully saturated rings. The third-order valence-electron chi connectivity index (χ3n) is 3.92. The van der Waals surface area contributed by atoms with E-state index in [9.17, 15) is 9.59 Å². The summed E-state index contributed by atoms with van der Waals surface area (Å²) in [6.45, 7) is 0. The van der Waals surface area contributed by atoms with E-state index in [0.29, 0.717) is 29.2 Å². The fourth-order valence-electron chi connectivity index (χ4n) is 2.40. The molecule has 0 aromatic heterocycles. The molecule has 4 nitrogen and oxygen atoms in total. The molecule has 2 aromatic carbocycles. The van der Waals surface area contributed by atoms with Crippen molar-refractivity contribution in [1.82, 2.24) is 0 Å². The molecular formula is C19H19ClN2O2. The lowest BCUT2D eigenvalue weighted by Crippen LogP contribution is -2.15. The summed E-state index contributed by atoms with van der Waals surface area (Å²) in [7, 11) is 0. The second-order valence-corrected chi connectivity index (χ2v) is 6.46. The van der Waals surface area contributed by atoms with Gasteiger partial charge in [-0.2, -0.15) is 0 Å². The Balaban J connectivity index is 1.51. The van der Waals surface area contributed by atoms with Crippen molar-refractivity contribution in [2.24, 2.45) is 5.92 Å². The standard InChI is InChI=1S/C19H19ClN2O2/c20-15-9-4-13(5-10-15)6-11-18(23)21-16-2-1-3-17(12-16)22-19(24)14-7-8-14/h1-5,9-10,12,14H,6-8,11H2,(H,21,23)(H,22,24). The van der Waals surface area contributed by atoms with Gasteiger partial charge in [0.2, 0.25) is 11.8 Å². The number of carbonyl (C=O) groups excluding carboxylic acids is 2. The average Bonchev–Trinajstić information content (AvgIpc) is 3.40. The smallest absolute Gasteiger partial charge is 0.227 e. The number of halogens is 1. The SMILES string of the molecule is O=C(CCc1ccc(Cl)cc1)Nc1cccc(NC(=O)C2CC2)c1. The summed E-state index contributed by atoms with van der Waals surface area (Å²) in [6, 6.07) is 14.7. The molecule has 0 bridgehead atoms. The van der Waals surface area contributed by atoms with Crippen molar-refractivity contribution in [2.45, 2.75) is 25.7 Å². The predicted molar refractivity (Wildman–Crippen MR) is 96.2 cm³/mol. The topological polar surface area (TPSA) is 58.2 Å². The second-order valence-electron chi connectivity index (χ2n) is 6.02. The highest BCUT2D eigenvalue weighted by atomic mass is 35.5. The number of carbonyl (C=O) groups is 2. The largest absolute Gasteiger partial charge is 0.326 e. The first-order valence-corrected chi connectivity index (χ1v) is 8.43. The zero-order valence-corrected chi connectivity index (χ0v) is 14.0. The third-order valence-corrected chi connectivity index (χ3v) is 4.17. The van der Waals surface area contributed by atoms with Gasteiger partial charge in [-0.1, -0.05) is 29.8 Å². The van der Waals surface area contributed by atoms with Crippen LogP contribution in [0.3, 0.4) is 0 Å². The van der Waals surface area contributed by atoms with Gasteiger partial charge >= 0.3 is 0 Å². The fraction of sp³-hybridized carbons (Fsp3) is 0.263. The Kier molecular flexibility index (Phi) is 5.16. The molecule has 24 heavy (non-hydrogen) atoms. The first-order valence-electron chi connectivity index (χ1n) is 8.05. The number of nitrogens with one attached hydrogen (secondary N) is 2. The Labute approximate surface area is 146 Å². The Morgan fingerprint density at radius 2 is 1.67 bits per heavy atom. The average molecular weight is 343 g/mol. The van der Waals surface area contributed by atoms with Gasteiger partial charge in [-0.15, -0.1) is 0 Å². The highest BCUT2D eigenvalue weighted by Crippen LogP contribution is 2.30. The van der Waals surface area contributed by atoms with Gasteiger partial charge < -0.3 is 10.6 Å². The van der Waals surface area contributed by atoms with E-state index in [1.165, 1.54) is 0 Å². The highest BCUT2D eigenvalue weighted by Gasteiger charge is 2.29. The van der Waals surface area contributed by atoms with Gasteiger partial charge in [-0.05, 0) is 55.2 Å². The van der Waals surface area contributed by atoms with Crippen LogP contribution in [-0.4, -0.2) is 11.8 Å². The molecule has 124 valence electrons. The van der Waals surface area contributed by atoms with Gasteiger partial charge in [0.1, 0.15) is 0 Å². The van der Waals surface area contributed by atoms with Crippen molar-refractivity contribution in [3.8, 4) is 0 Å². The normalized spacial score (nSPS) is 13.4. The number of anilines is 2. The Morgan fingerprint density at radius 1 is 1.00 bits per heavy atom. The van der Waals surface area contributed by atoms with Crippen molar-refractivity contribution >= 4 is 34.8 Å².